The van der Waals surface area contributed by atoms with Gasteiger partial charge in [-0.25, -0.2) is 8.42 Å². The monoisotopic (exact) mass is 297 g/mol. The van der Waals surface area contributed by atoms with E-state index in [1.54, 1.807) is 36.3 Å². The number of nitrogens with zero attached hydrogens (tertiary/aromatic N) is 1. The van der Waals surface area contributed by atoms with Crippen molar-refractivity contribution in [2.75, 3.05) is 25.2 Å². The van der Waals surface area contributed by atoms with Crippen LogP contribution in [-0.2, 0) is 9.84 Å². The third kappa shape index (κ3) is 3.12. The normalized spacial score (nSPS) is 20.6. The Balaban J connectivity index is 2.21. The van der Waals surface area contributed by atoms with Crippen molar-refractivity contribution in [3.63, 3.8) is 0 Å². The highest BCUT2D eigenvalue weighted by Crippen LogP contribution is 2.21. The minimum Gasteiger partial charge on any atom is -0.497 e. The van der Waals surface area contributed by atoms with Crippen molar-refractivity contribution in [1.29, 1.82) is 0 Å². The van der Waals surface area contributed by atoms with Crippen molar-refractivity contribution in [3.05, 3.63) is 29.8 Å². The number of sulfone groups is 1. The lowest BCUT2D eigenvalue weighted by molar-refractivity contribution is 0.0708. The first-order valence-electron chi connectivity index (χ1n) is 6.62. The van der Waals surface area contributed by atoms with Crippen molar-refractivity contribution < 1.29 is 17.9 Å². The van der Waals surface area contributed by atoms with E-state index in [2.05, 4.69) is 0 Å². The molecule has 110 valence electrons. The fourth-order valence-electron chi connectivity index (χ4n) is 2.51. The molecule has 0 spiro atoms. The molecule has 2 rings (SSSR count). The Labute approximate surface area is 119 Å². The number of hydrogen-bond acceptors (Lipinski definition) is 4. The van der Waals surface area contributed by atoms with Gasteiger partial charge < -0.3 is 9.64 Å². The Morgan fingerprint density at radius 1 is 1.45 bits per heavy atom. The van der Waals surface area contributed by atoms with E-state index in [9.17, 15) is 13.2 Å². The third-order valence-electron chi connectivity index (χ3n) is 3.57. The molecule has 0 aromatic heterocycles. The Morgan fingerprint density at radius 3 is 2.75 bits per heavy atom. The summed E-state index contributed by atoms with van der Waals surface area (Å²) >= 11 is 0. The van der Waals surface area contributed by atoms with Crippen molar-refractivity contribution >= 4 is 15.7 Å². The predicted molar refractivity (Wildman–Crippen MR) is 76.8 cm³/mol. The number of amides is 1. The summed E-state index contributed by atoms with van der Waals surface area (Å²) in [7, 11) is -1.45. The molecule has 1 aliphatic heterocycles. The molecule has 1 aromatic rings. The minimum atomic E-state index is -3.00. The molecule has 0 saturated carbocycles. The van der Waals surface area contributed by atoms with Gasteiger partial charge in [0.1, 0.15) is 5.75 Å². The second-order valence-electron chi connectivity index (χ2n) is 4.88. The lowest BCUT2D eigenvalue weighted by Gasteiger charge is -2.27. The molecular weight excluding hydrogens is 278 g/mol. The lowest BCUT2D eigenvalue weighted by Crippen LogP contribution is -2.40. The van der Waals surface area contributed by atoms with Gasteiger partial charge in [-0.05, 0) is 31.5 Å². The van der Waals surface area contributed by atoms with Crippen LogP contribution in [0.3, 0.4) is 0 Å². The van der Waals surface area contributed by atoms with E-state index < -0.39 is 9.84 Å². The highest BCUT2D eigenvalue weighted by Gasteiger charge is 2.34. The highest BCUT2D eigenvalue weighted by molar-refractivity contribution is 7.91. The number of carbonyl (C=O) groups is 1. The molecule has 1 aliphatic rings. The van der Waals surface area contributed by atoms with Crippen molar-refractivity contribution in [1.82, 2.24) is 4.90 Å². The van der Waals surface area contributed by atoms with Gasteiger partial charge in [-0.15, -0.1) is 0 Å². The van der Waals surface area contributed by atoms with Crippen molar-refractivity contribution in [3.8, 4) is 5.75 Å². The summed E-state index contributed by atoms with van der Waals surface area (Å²) in [6.45, 7) is 2.36. The molecule has 1 fully saturated rings. The Morgan fingerprint density at radius 2 is 2.20 bits per heavy atom. The summed E-state index contributed by atoms with van der Waals surface area (Å²) in [5.74, 6) is 0.704. The molecule has 1 aromatic carbocycles. The molecule has 0 N–H and O–H groups in total. The van der Waals surface area contributed by atoms with Crippen LogP contribution in [-0.4, -0.2) is 50.4 Å². The molecule has 0 unspecified atom stereocenters. The van der Waals surface area contributed by atoms with Gasteiger partial charge in [0.25, 0.3) is 5.91 Å². The zero-order valence-electron chi connectivity index (χ0n) is 11.7. The first-order valence-corrected chi connectivity index (χ1v) is 8.44. The Kier molecular flexibility index (Phi) is 4.32. The second kappa shape index (κ2) is 5.83. The lowest BCUT2D eigenvalue weighted by atomic mass is 10.1. The SMILES string of the molecule is CCN(C(=O)c1cccc(OC)c1)[C@@H]1CCS(=O)(=O)C1. The number of carbonyl (C=O) groups excluding carboxylic acids is 1. The molecule has 1 heterocycles. The first-order chi connectivity index (χ1) is 9.46. The molecule has 1 saturated heterocycles. The topological polar surface area (TPSA) is 63.7 Å². The van der Waals surface area contributed by atoms with Crippen LogP contribution in [0, 0.1) is 0 Å². The third-order valence-corrected chi connectivity index (χ3v) is 5.32. The predicted octanol–water partition coefficient (Wildman–Crippen LogP) is 1.34. The molecule has 1 atom stereocenters. The molecule has 0 bridgehead atoms. The summed E-state index contributed by atoms with van der Waals surface area (Å²) < 4.78 is 28.2. The average Bonchev–Trinajstić information content (AvgIpc) is 2.79. The van der Waals surface area contributed by atoms with Crippen LogP contribution in [0.5, 0.6) is 5.75 Å². The Hall–Kier alpha value is -1.56. The van der Waals surface area contributed by atoms with Crippen LogP contribution in [0.2, 0.25) is 0 Å². The van der Waals surface area contributed by atoms with Gasteiger partial charge in [0.15, 0.2) is 9.84 Å². The van der Waals surface area contributed by atoms with E-state index in [0.717, 1.165) is 0 Å². The maximum Gasteiger partial charge on any atom is 0.254 e. The van der Waals surface area contributed by atoms with Crippen LogP contribution >= 0.6 is 0 Å². The fourth-order valence-corrected chi connectivity index (χ4v) is 4.24. The van der Waals surface area contributed by atoms with Gasteiger partial charge in [-0.1, -0.05) is 6.07 Å². The van der Waals surface area contributed by atoms with Crippen LogP contribution in [0.1, 0.15) is 23.7 Å². The molecule has 5 nitrogen and oxygen atoms in total. The summed E-state index contributed by atoms with van der Waals surface area (Å²) in [4.78, 5) is 14.2. The van der Waals surface area contributed by atoms with Crippen LogP contribution in [0.25, 0.3) is 0 Å². The van der Waals surface area contributed by atoms with E-state index in [1.807, 2.05) is 6.92 Å². The number of methoxy groups -OCH3 is 1. The van der Waals surface area contributed by atoms with Crippen LogP contribution in [0.15, 0.2) is 24.3 Å². The van der Waals surface area contributed by atoms with E-state index >= 15 is 0 Å². The molecule has 6 heteroatoms. The standard InChI is InChI=1S/C14H19NO4S/c1-3-15(12-7-8-20(17,18)10-12)14(16)11-5-4-6-13(9-11)19-2/h4-6,9,12H,3,7-8,10H2,1-2H3/t12-/m1/s1. The van der Waals surface area contributed by atoms with E-state index in [0.29, 0.717) is 24.3 Å². The molecule has 0 radical (unpaired) electrons. The summed E-state index contributed by atoms with van der Waals surface area (Å²) in [6, 6.07) is 6.70. The number of rotatable bonds is 4. The zero-order valence-corrected chi connectivity index (χ0v) is 12.5. The molecule has 20 heavy (non-hydrogen) atoms. The summed E-state index contributed by atoms with van der Waals surface area (Å²) in [5, 5.41) is 0. The van der Waals surface area contributed by atoms with Crippen molar-refractivity contribution in [2.45, 2.75) is 19.4 Å². The molecule has 1 amide bonds. The number of benzene rings is 1. The second-order valence-corrected chi connectivity index (χ2v) is 7.11. The first kappa shape index (κ1) is 14.8. The van der Waals surface area contributed by atoms with E-state index in [1.165, 1.54) is 0 Å². The molecule has 0 aliphatic carbocycles. The fraction of sp³-hybridized carbons (Fsp3) is 0.500. The Bertz CT molecular complexity index is 597. The van der Waals surface area contributed by atoms with Crippen LogP contribution in [0.4, 0.5) is 0 Å². The zero-order chi connectivity index (χ0) is 14.8. The summed E-state index contributed by atoms with van der Waals surface area (Å²) in [5.41, 5.74) is 0.524. The maximum absolute atomic E-state index is 12.5. The number of hydrogen-bond donors (Lipinski definition) is 0. The highest BCUT2D eigenvalue weighted by atomic mass is 32.2. The molecular formula is C14H19NO4S. The van der Waals surface area contributed by atoms with Gasteiger partial charge in [-0.3, -0.25) is 4.79 Å². The smallest absolute Gasteiger partial charge is 0.254 e. The maximum atomic E-state index is 12.5. The quantitative estimate of drug-likeness (QED) is 0.841. The van der Waals surface area contributed by atoms with E-state index in [4.69, 9.17) is 4.74 Å². The largest absolute Gasteiger partial charge is 0.497 e. The number of ether oxygens (including phenoxy) is 1. The van der Waals surface area contributed by atoms with Crippen LogP contribution < -0.4 is 4.74 Å². The van der Waals surface area contributed by atoms with Gasteiger partial charge >= 0.3 is 0 Å². The van der Waals surface area contributed by atoms with Gasteiger partial charge in [-0.2, -0.15) is 0 Å². The van der Waals surface area contributed by atoms with Crippen molar-refractivity contribution in [2.24, 2.45) is 0 Å². The van der Waals surface area contributed by atoms with E-state index in [-0.39, 0.29) is 23.5 Å². The average molecular weight is 297 g/mol. The minimum absolute atomic E-state index is 0.0660. The van der Waals surface area contributed by atoms with Gasteiger partial charge in [0.05, 0.1) is 18.6 Å². The van der Waals surface area contributed by atoms with Gasteiger partial charge in [0, 0.05) is 18.2 Å². The summed E-state index contributed by atoms with van der Waals surface area (Å²) in [6.07, 6.45) is 0.520. The van der Waals surface area contributed by atoms with Gasteiger partial charge in [0.2, 0.25) is 0 Å².